The predicted molar refractivity (Wildman–Crippen MR) is 198 cm³/mol. The van der Waals surface area contributed by atoms with Crippen molar-refractivity contribution in [2.45, 2.75) is 49.0 Å². The molecule has 0 amide bonds. The molecule has 5 aromatic rings. The normalized spacial score (nSPS) is 14.4. The van der Waals surface area contributed by atoms with Crippen LogP contribution >= 0.6 is 0 Å². The Morgan fingerprint density at radius 2 is 0.962 bits per heavy atom. The first-order valence-electron chi connectivity index (χ1n) is 17.5. The van der Waals surface area contributed by atoms with Crippen molar-refractivity contribution >= 4 is 10.0 Å². The van der Waals surface area contributed by atoms with Gasteiger partial charge < -0.3 is 21.1 Å². The number of aryl methyl sites for hydroxylation is 4. The Bertz CT molecular complexity index is 1960. The van der Waals surface area contributed by atoms with Crippen LogP contribution in [0.15, 0.2) is 126 Å². The van der Waals surface area contributed by atoms with Crippen molar-refractivity contribution in [1.29, 1.82) is 0 Å². The number of halogens is 3. The van der Waals surface area contributed by atoms with E-state index in [-0.39, 0.29) is 23.5 Å². The maximum Gasteiger partial charge on any atom is 0.573 e. The van der Waals surface area contributed by atoms with Crippen LogP contribution in [-0.2, 0) is 35.7 Å². The van der Waals surface area contributed by atoms with Crippen molar-refractivity contribution in [2.75, 3.05) is 26.2 Å². The minimum Gasteiger partial charge on any atom is -0.406 e. The Hall–Kier alpha value is -4.52. The molecule has 0 bridgehead atoms. The fraction of sp³-hybridized carbons (Fsp3) is 0.268. The van der Waals surface area contributed by atoms with Gasteiger partial charge in [-0.25, -0.2) is 13.1 Å². The van der Waals surface area contributed by atoms with Crippen LogP contribution in [-0.4, -0.2) is 41.0 Å². The molecule has 0 fully saturated rings. The Balaban J connectivity index is 0.000000206. The molecule has 52 heavy (non-hydrogen) atoms. The van der Waals surface area contributed by atoms with Crippen LogP contribution in [0.2, 0.25) is 0 Å². The Kier molecular flexibility index (Phi) is 12.1. The van der Waals surface area contributed by atoms with Gasteiger partial charge in [0.25, 0.3) is 0 Å². The largest absolute Gasteiger partial charge is 0.573 e. The van der Waals surface area contributed by atoms with E-state index in [2.05, 4.69) is 92.9 Å². The van der Waals surface area contributed by atoms with Gasteiger partial charge in [0, 0.05) is 26.2 Å². The first kappa shape index (κ1) is 37.2. The van der Waals surface area contributed by atoms with E-state index in [1.54, 1.807) is 0 Å². The van der Waals surface area contributed by atoms with Crippen molar-refractivity contribution in [3.05, 3.63) is 166 Å². The van der Waals surface area contributed by atoms with Gasteiger partial charge in [-0.3, -0.25) is 0 Å². The molecule has 0 saturated carbocycles. The fourth-order valence-corrected chi connectivity index (χ4v) is 8.05. The lowest BCUT2D eigenvalue weighted by Gasteiger charge is -2.22. The van der Waals surface area contributed by atoms with Gasteiger partial charge in [0.2, 0.25) is 10.0 Å². The van der Waals surface area contributed by atoms with E-state index in [1.165, 1.54) is 44.5 Å². The summed E-state index contributed by atoms with van der Waals surface area (Å²) in [5, 5.41) is 7.06. The molecule has 2 aliphatic rings. The molecule has 5 N–H and O–H groups in total. The summed E-state index contributed by atoms with van der Waals surface area (Å²) in [6.45, 7) is 1.99. The van der Waals surface area contributed by atoms with E-state index >= 15 is 0 Å². The minimum absolute atomic E-state index is 0.0665. The van der Waals surface area contributed by atoms with Gasteiger partial charge >= 0.3 is 6.36 Å². The zero-order chi connectivity index (χ0) is 36.6. The van der Waals surface area contributed by atoms with Crippen LogP contribution in [0.3, 0.4) is 0 Å². The second kappa shape index (κ2) is 16.9. The highest BCUT2D eigenvalue weighted by molar-refractivity contribution is 7.89. The SMILES string of the molecule is NCCNC1c2ccccc2CCc2ccccc21.O=S(=O)(NCCNC1c2ccccc2CCc2ccccc21)c1ccc(OC(F)(F)F)cc1. The summed E-state index contributed by atoms with van der Waals surface area (Å²) in [7, 11) is -3.88. The highest BCUT2D eigenvalue weighted by Gasteiger charge is 2.31. The lowest BCUT2D eigenvalue weighted by atomic mass is 9.94. The maximum absolute atomic E-state index is 12.5. The molecular weight excluding hydrogens is 686 g/mol. The lowest BCUT2D eigenvalue weighted by molar-refractivity contribution is -0.274. The van der Waals surface area contributed by atoms with Gasteiger partial charge in [-0.1, -0.05) is 97.1 Å². The quantitative estimate of drug-likeness (QED) is 0.119. The number of nitrogens with one attached hydrogen (secondary N) is 3. The number of benzene rings is 5. The van der Waals surface area contributed by atoms with E-state index in [0.717, 1.165) is 56.5 Å². The molecule has 0 radical (unpaired) electrons. The van der Waals surface area contributed by atoms with Crippen molar-refractivity contribution in [1.82, 2.24) is 15.4 Å². The molecule has 5 aromatic carbocycles. The van der Waals surface area contributed by atoms with E-state index in [0.29, 0.717) is 13.1 Å². The molecule has 0 aromatic heterocycles. The third kappa shape index (κ3) is 9.28. The smallest absolute Gasteiger partial charge is 0.406 e. The van der Waals surface area contributed by atoms with Gasteiger partial charge in [-0.15, -0.1) is 13.2 Å². The van der Waals surface area contributed by atoms with Crippen molar-refractivity contribution in [2.24, 2.45) is 5.73 Å². The standard InChI is InChI=1S/C24H23F3N2O3S.C17H20N2/c25-24(26,27)32-19-11-13-20(14-12-19)33(30,31)29-16-15-28-23-21-7-3-1-5-17(21)9-10-18-6-2-4-8-22(18)23;18-11-12-19-17-15-7-3-1-5-13(15)9-10-14-6-2-4-8-16(14)17/h1-8,11-14,23,28-29H,9-10,15-16H2;1-8,17,19H,9-12,18H2. The molecule has 7 rings (SSSR count). The van der Waals surface area contributed by atoms with E-state index in [4.69, 9.17) is 5.73 Å². The number of hydrogen-bond donors (Lipinski definition) is 4. The Morgan fingerprint density at radius 1 is 0.577 bits per heavy atom. The van der Waals surface area contributed by atoms with Gasteiger partial charge in [-0.05, 0) is 94.5 Å². The van der Waals surface area contributed by atoms with Crippen LogP contribution in [0.25, 0.3) is 0 Å². The number of alkyl halides is 3. The number of sulfonamides is 1. The Morgan fingerprint density at radius 3 is 1.35 bits per heavy atom. The number of nitrogens with two attached hydrogens (primary N) is 1. The second-order valence-electron chi connectivity index (χ2n) is 12.8. The molecule has 0 aliphatic heterocycles. The average molecular weight is 729 g/mol. The van der Waals surface area contributed by atoms with Crippen molar-refractivity contribution < 1.29 is 26.3 Å². The summed E-state index contributed by atoms with van der Waals surface area (Å²) in [6, 6.07) is 38.3. The third-order valence-corrected chi connectivity index (χ3v) is 10.9. The second-order valence-corrected chi connectivity index (χ2v) is 14.5. The highest BCUT2D eigenvalue weighted by Crippen LogP contribution is 2.33. The van der Waals surface area contributed by atoms with Crippen molar-refractivity contribution in [3.63, 3.8) is 0 Å². The molecule has 272 valence electrons. The summed E-state index contributed by atoms with van der Waals surface area (Å²) in [5.41, 5.74) is 16.2. The summed E-state index contributed by atoms with van der Waals surface area (Å²) in [4.78, 5) is -0.137. The van der Waals surface area contributed by atoms with Crippen LogP contribution < -0.4 is 25.8 Å². The van der Waals surface area contributed by atoms with Crippen LogP contribution in [0.5, 0.6) is 5.75 Å². The molecule has 11 heteroatoms. The first-order valence-corrected chi connectivity index (χ1v) is 18.9. The number of rotatable bonds is 10. The summed E-state index contributed by atoms with van der Waals surface area (Å²) in [5.74, 6) is -0.478. The van der Waals surface area contributed by atoms with Crippen LogP contribution in [0, 0.1) is 0 Å². The molecule has 0 atom stereocenters. The minimum atomic E-state index is -4.83. The Labute approximate surface area is 303 Å². The zero-order valence-electron chi connectivity index (χ0n) is 28.7. The molecule has 0 saturated heterocycles. The molecule has 2 aliphatic carbocycles. The third-order valence-electron chi connectivity index (χ3n) is 9.42. The molecule has 0 heterocycles. The zero-order valence-corrected chi connectivity index (χ0v) is 29.5. The van der Waals surface area contributed by atoms with Gasteiger partial charge in [0.05, 0.1) is 17.0 Å². The fourth-order valence-electron chi connectivity index (χ4n) is 7.02. The average Bonchev–Trinajstić information content (AvgIpc) is 3.40. The highest BCUT2D eigenvalue weighted by atomic mass is 32.2. The molecule has 0 unspecified atom stereocenters. The van der Waals surface area contributed by atoms with Gasteiger partial charge in [0.15, 0.2) is 0 Å². The number of ether oxygens (including phenoxy) is 1. The number of hydrogen-bond acceptors (Lipinski definition) is 6. The summed E-state index contributed by atoms with van der Waals surface area (Å²) in [6.07, 6.45) is -0.723. The summed E-state index contributed by atoms with van der Waals surface area (Å²) < 4.78 is 68.2. The van der Waals surface area contributed by atoms with E-state index < -0.39 is 22.1 Å². The maximum atomic E-state index is 12.5. The van der Waals surface area contributed by atoms with Crippen LogP contribution in [0.1, 0.15) is 56.6 Å². The molecular formula is C41H43F3N4O3S. The topological polar surface area (TPSA) is 105 Å². The molecule has 7 nitrogen and oxygen atoms in total. The summed E-state index contributed by atoms with van der Waals surface area (Å²) >= 11 is 0. The number of fused-ring (bicyclic) bond motifs is 4. The van der Waals surface area contributed by atoms with E-state index in [1.807, 2.05) is 24.3 Å². The molecule has 0 spiro atoms. The van der Waals surface area contributed by atoms with Gasteiger partial charge in [-0.2, -0.15) is 0 Å². The lowest BCUT2D eigenvalue weighted by Crippen LogP contribution is -2.34. The van der Waals surface area contributed by atoms with Gasteiger partial charge in [0.1, 0.15) is 5.75 Å². The predicted octanol–water partition coefficient (Wildman–Crippen LogP) is 6.76. The monoisotopic (exact) mass is 728 g/mol. The van der Waals surface area contributed by atoms with E-state index in [9.17, 15) is 21.6 Å². The first-order chi connectivity index (χ1) is 25.1. The van der Waals surface area contributed by atoms with Crippen LogP contribution in [0.4, 0.5) is 13.2 Å². The van der Waals surface area contributed by atoms with Crippen molar-refractivity contribution in [3.8, 4) is 5.75 Å².